The van der Waals surface area contributed by atoms with E-state index >= 15 is 0 Å². The molecule has 21 heavy (non-hydrogen) atoms. The van der Waals surface area contributed by atoms with Crippen molar-refractivity contribution in [2.24, 2.45) is 5.92 Å². The molecule has 1 nitrogen and oxygen atoms in total. The molecule has 4 heteroatoms. The van der Waals surface area contributed by atoms with Crippen LogP contribution in [0.4, 0.5) is 18.9 Å². The van der Waals surface area contributed by atoms with Gasteiger partial charge < -0.3 is 5.32 Å². The first-order valence-corrected chi connectivity index (χ1v) is 7.93. The molecule has 2 atom stereocenters. The van der Waals surface area contributed by atoms with Gasteiger partial charge in [-0.1, -0.05) is 32.6 Å². The lowest BCUT2D eigenvalue weighted by molar-refractivity contribution is -0.137. The summed E-state index contributed by atoms with van der Waals surface area (Å²) in [6, 6.07) is 5.77. The van der Waals surface area contributed by atoms with Crippen LogP contribution in [0.1, 0.15) is 57.4 Å². The fourth-order valence-electron chi connectivity index (χ4n) is 3.21. The molecule has 1 aliphatic carbocycles. The lowest BCUT2D eigenvalue weighted by Crippen LogP contribution is -2.18. The second-order valence-corrected chi connectivity index (χ2v) is 6.08. The van der Waals surface area contributed by atoms with Crippen molar-refractivity contribution < 1.29 is 13.2 Å². The van der Waals surface area contributed by atoms with E-state index in [9.17, 15) is 13.2 Å². The van der Waals surface area contributed by atoms with Crippen LogP contribution < -0.4 is 5.32 Å². The number of nitrogens with one attached hydrogen (secondary N) is 1. The Balaban J connectivity index is 1.89. The predicted molar refractivity (Wildman–Crippen MR) is 80.3 cm³/mol. The highest BCUT2D eigenvalue weighted by Crippen LogP contribution is 2.31. The number of alkyl halides is 3. The van der Waals surface area contributed by atoms with Crippen LogP contribution in [0.15, 0.2) is 24.3 Å². The lowest BCUT2D eigenvalue weighted by Gasteiger charge is -2.18. The number of benzene rings is 1. The summed E-state index contributed by atoms with van der Waals surface area (Å²) in [7, 11) is 0. The Morgan fingerprint density at radius 1 is 1.05 bits per heavy atom. The van der Waals surface area contributed by atoms with E-state index in [1.165, 1.54) is 44.2 Å². The van der Waals surface area contributed by atoms with Gasteiger partial charge in [0.1, 0.15) is 0 Å². The summed E-state index contributed by atoms with van der Waals surface area (Å²) in [5.41, 5.74) is 0.207. The number of anilines is 1. The molecular formula is C17H24F3N. The largest absolute Gasteiger partial charge is 0.416 e. The minimum Gasteiger partial charge on any atom is -0.382 e. The molecule has 1 N–H and O–H groups in total. The summed E-state index contributed by atoms with van der Waals surface area (Å²) >= 11 is 0. The first-order valence-electron chi connectivity index (χ1n) is 7.93. The van der Waals surface area contributed by atoms with E-state index < -0.39 is 11.7 Å². The van der Waals surface area contributed by atoms with E-state index in [1.54, 1.807) is 0 Å². The van der Waals surface area contributed by atoms with Crippen molar-refractivity contribution in [1.29, 1.82) is 0 Å². The Labute approximate surface area is 124 Å². The van der Waals surface area contributed by atoms with Crippen LogP contribution >= 0.6 is 0 Å². The molecule has 0 bridgehead atoms. The van der Waals surface area contributed by atoms with Gasteiger partial charge in [0, 0.05) is 11.7 Å². The van der Waals surface area contributed by atoms with Crippen LogP contribution in [-0.4, -0.2) is 6.04 Å². The summed E-state index contributed by atoms with van der Waals surface area (Å²) in [6.45, 7) is 2.23. The van der Waals surface area contributed by atoms with E-state index in [0.29, 0.717) is 6.04 Å². The van der Waals surface area contributed by atoms with E-state index in [0.717, 1.165) is 36.6 Å². The maximum absolute atomic E-state index is 12.5. The Morgan fingerprint density at radius 2 is 1.76 bits per heavy atom. The molecule has 1 saturated carbocycles. The highest BCUT2D eigenvalue weighted by Gasteiger charge is 2.30. The highest BCUT2D eigenvalue weighted by atomic mass is 19.4. The van der Waals surface area contributed by atoms with Crippen LogP contribution in [0, 0.1) is 5.92 Å². The smallest absolute Gasteiger partial charge is 0.382 e. The van der Waals surface area contributed by atoms with Gasteiger partial charge in [-0.2, -0.15) is 13.2 Å². The molecule has 0 radical (unpaired) electrons. The number of hydrogen-bond donors (Lipinski definition) is 1. The van der Waals surface area contributed by atoms with Crippen LogP contribution in [0.25, 0.3) is 0 Å². The number of rotatable bonds is 4. The molecule has 1 aromatic carbocycles. The van der Waals surface area contributed by atoms with Crippen LogP contribution in [0.5, 0.6) is 0 Å². The van der Waals surface area contributed by atoms with Crippen LogP contribution in [0.2, 0.25) is 0 Å². The van der Waals surface area contributed by atoms with Gasteiger partial charge in [-0.15, -0.1) is 0 Å². The average Bonchev–Trinajstić information content (AvgIpc) is 2.65. The van der Waals surface area contributed by atoms with Crippen molar-refractivity contribution in [1.82, 2.24) is 0 Å². The van der Waals surface area contributed by atoms with Crippen molar-refractivity contribution in [2.45, 2.75) is 64.1 Å². The van der Waals surface area contributed by atoms with Crippen LogP contribution in [0.3, 0.4) is 0 Å². The minimum atomic E-state index is -4.26. The first-order chi connectivity index (χ1) is 9.99. The fraction of sp³-hybridized carbons (Fsp3) is 0.647. The van der Waals surface area contributed by atoms with Gasteiger partial charge in [-0.3, -0.25) is 0 Å². The molecule has 2 unspecified atom stereocenters. The van der Waals surface area contributed by atoms with Gasteiger partial charge in [0.25, 0.3) is 0 Å². The van der Waals surface area contributed by atoms with Gasteiger partial charge >= 0.3 is 6.18 Å². The second-order valence-electron chi connectivity index (χ2n) is 6.08. The normalized spacial score (nSPS) is 23.6. The molecule has 1 aliphatic rings. The van der Waals surface area contributed by atoms with Crippen molar-refractivity contribution in [3.8, 4) is 0 Å². The van der Waals surface area contributed by atoms with Gasteiger partial charge in [0.15, 0.2) is 0 Å². The monoisotopic (exact) mass is 299 g/mol. The molecule has 1 aromatic rings. The second kappa shape index (κ2) is 7.19. The van der Waals surface area contributed by atoms with Crippen LogP contribution in [-0.2, 0) is 6.18 Å². The molecule has 0 heterocycles. The standard InChI is InChI=1S/C17H24F3N/c1-2-4-13-5-3-6-15(10-7-13)21-16-11-8-14(9-12-16)17(18,19)20/h8-9,11-13,15,21H,2-7,10H2,1H3. The molecule has 0 aromatic heterocycles. The maximum atomic E-state index is 12.5. The fourth-order valence-corrected chi connectivity index (χ4v) is 3.21. The third-order valence-corrected chi connectivity index (χ3v) is 4.37. The molecule has 0 spiro atoms. The summed E-state index contributed by atoms with van der Waals surface area (Å²) < 4.78 is 37.6. The quantitative estimate of drug-likeness (QED) is 0.686. The first kappa shape index (κ1) is 16.2. The Morgan fingerprint density at radius 3 is 2.38 bits per heavy atom. The minimum absolute atomic E-state index is 0.392. The van der Waals surface area contributed by atoms with E-state index in [4.69, 9.17) is 0 Å². The maximum Gasteiger partial charge on any atom is 0.416 e. The molecule has 118 valence electrons. The van der Waals surface area contributed by atoms with Crippen molar-refractivity contribution in [3.63, 3.8) is 0 Å². The summed E-state index contributed by atoms with van der Waals surface area (Å²) in [5.74, 6) is 0.828. The van der Waals surface area contributed by atoms with Gasteiger partial charge in [-0.05, 0) is 49.4 Å². The van der Waals surface area contributed by atoms with Crippen molar-refractivity contribution >= 4 is 5.69 Å². The van der Waals surface area contributed by atoms with Crippen molar-refractivity contribution in [2.75, 3.05) is 5.32 Å². The summed E-state index contributed by atoms with van der Waals surface area (Å²) in [5, 5.41) is 3.39. The third kappa shape index (κ3) is 4.94. The van der Waals surface area contributed by atoms with Crippen molar-refractivity contribution in [3.05, 3.63) is 29.8 Å². The summed E-state index contributed by atoms with van der Waals surface area (Å²) in [4.78, 5) is 0. The molecule has 0 saturated heterocycles. The summed E-state index contributed by atoms with van der Waals surface area (Å²) in [6.07, 6.45) is 4.24. The Hall–Kier alpha value is -1.19. The van der Waals surface area contributed by atoms with E-state index in [2.05, 4.69) is 12.2 Å². The Kier molecular flexibility index (Phi) is 5.54. The van der Waals surface area contributed by atoms with Gasteiger partial charge in [0.05, 0.1) is 5.56 Å². The number of hydrogen-bond acceptors (Lipinski definition) is 1. The zero-order valence-electron chi connectivity index (χ0n) is 12.5. The van der Waals surface area contributed by atoms with Gasteiger partial charge in [0.2, 0.25) is 0 Å². The zero-order valence-corrected chi connectivity index (χ0v) is 12.5. The predicted octanol–water partition coefficient (Wildman–Crippen LogP) is 5.87. The number of halogens is 3. The SMILES string of the molecule is CCCC1CCCC(Nc2ccc(C(F)(F)F)cc2)CC1. The molecule has 0 aliphatic heterocycles. The molecule has 0 amide bonds. The lowest BCUT2D eigenvalue weighted by atomic mass is 9.95. The van der Waals surface area contributed by atoms with Gasteiger partial charge in [-0.25, -0.2) is 0 Å². The van der Waals surface area contributed by atoms with E-state index in [-0.39, 0.29) is 0 Å². The zero-order chi connectivity index (χ0) is 15.3. The topological polar surface area (TPSA) is 12.0 Å². The molecule has 2 rings (SSSR count). The third-order valence-electron chi connectivity index (χ3n) is 4.37. The van der Waals surface area contributed by atoms with E-state index in [1.807, 2.05) is 0 Å². The molecular weight excluding hydrogens is 275 g/mol. The molecule has 1 fully saturated rings. The highest BCUT2D eigenvalue weighted by molar-refractivity contribution is 5.46. The average molecular weight is 299 g/mol. The Bertz CT molecular complexity index is 425.